The fourth-order valence-corrected chi connectivity index (χ4v) is 8.78. The lowest BCUT2D eigenvalue weighted by molar-refractivity contribution is -0.123. The van der Waals surface area contributed by atoms with Gasteiger partial charge in [-0.25, -0.2) is 0 Å². The van der Waals surface area contributed by atoms with Crippen LogP contribution in [0.3, 0.4) is 0 Å². The number of hydrogen-bond acceptors (Lipinski definition) is 32. The van der Waals surface area contributed by atoms with Crippen molar-refractivity contribution >= 4 is 35.1 Å². The number of carbonyl (C=O) groups excluding carboxylic acids is 4. The number of methoxy groups -OCH3 is 2. The molecule has 36 heteroatoms. The Balaban J connectivity index is 2.16. The molecule has 0 spiro atoms. The average Bonchev–Trinajstić information content (AvgIpc) is 0.742. The van der Waals surface area contributed by atoms with Crippen LogP contribution in [0.2, 0.25) is 0 Å². The molecule has 2 atom stereocenters. The quantitative estimate of drug-likeness (QED) is 0.0385. The number of aliphatic imine (C=N–C) groups is 2. The van der Waals surface area contributed by atoms with E-state index in [0.717, 1.165) is 0 Å². The summed E-state index contributed by atoms with van der Waals surface area (Å²) in [4.78, 5) is 62.1. The number of nitrogens with one attached hydrogen (secondary N) is 4. The van der Waals surface area contributed by atoms with Crippen LogP contribution in [0.5, 0.6) is 0 Å². The molecule has 8 N–H and O–H groups in total. The van der Waals surface area contributed by atoms with Gasteiger partial charge in [0.1, 0.15) is 11.4 Å². The smallest absolute Gasteiger partial charge is 0.266 e. The molecule has 1 heterocycles. The Kier molecular flexibility index (Phi) is 71.7. The zero-order valence-corrected chi connectivity index (χ0v) is 63.1. The molecule has 1 rings (SSSR count). The number of ether oxygens (including phenoxy) is 24. The van der Waals surface area contributed by atoms with Gasteiger partial charge in [-0.05, 0) is 25.9 Å². The molecule has 0 aromatic rings. The maximum atomic E-state index is 13.3. The summed E-state index contributed by atoms with van der Waals surface area (Å²) >= 11 is 0. The van der Waals surface area contributed by atoms with Gasteiger partial charge in [-0.2, -0.15) is 0 Å². The number of nitrogens with zero attached hydrogens (tertiary/aromatic N) is 2. The minimum Gasteiger partial charge on any atom is -0.382 e. The summed E-state index contributed by atoms with van der Waals surface area (Å²) in [6.45, 7) is 24.7. The number of carbonyl (C=O) groups is 4. The highest BCUT2D eigenvalue weighted by Gasteiger charge is 2.50. The van der Waals surface area contributed by atoms with E-state index >= 15 is 0 Å². The van der Waals surface area contributed by atoms with Crippen LogP contribution in [-0.4, -0.2) is 391 Å². The second-order valence-corrected chi connectivity index (χ2v) is 22.4. The minimum absolute atomic E-state index is 0.00100. The topological polar surface area (TPSA) is 415 Å². The van der Waals surface area contributed by atoms with Gasteiger partial charge < -0.3 is 136 Å². The molecule has 612 valence electrons. The van der Waals surface area contributed by atoms with Crippen molar-refractivity contribution in [3.63, 3.8) is 0 Å². The molecule has 0 aromatic carbocycles. The summed E-state index contributed by atoms with van der Waals surface area (Å²) in [5, 5.41) is 12.2. The van der Waals surface area contributed by atoms with Crippen molar-refractivity contribution in [3.8, 4) is 0 Å². The van der Waals surface area contributed by atoms with E-state index in [1.807, 2.05) is 13.8 Å². The van der Waals surface area contributed by atoms with Crippen LogP contribution in [0.1, 0.15) is 52.4 Å². The van der Waals surface area contributed by atoms with E-state index in [1.54, 1.807) is 14.2 Å². The van der Waals surface area contributed by atoms with E-state index in [9.17, 15) is 19.2 Å². The molecule has 1 aliphatic rings. The van der Waals surface area contributed by atoms with Crippen LogP contribution in [0.25, 0.3) is 0 Å². The largest absolute Gasteiger partial charge is 0.382 e. The van der Waals surface area contributed by atoms with Crippen LogP contribution in [0.4, 0.5) is 0 Å². The van der Waals surface area contributed by atoms with E-state index in [2.05, 4.69) is 21.3 Å². The zero-order valence-electron chi connectivity index (χ0n) is 63.1. The number of hydrogen-bond donors (Lipinski definition) is 6. The molecule has 0 saturated heterocycles. The molecule has 0 fully saturated rings. The lowest BCUT2D eigenvalue weighted by Crippen LogP contribution is -2.67. The van der Waals surface area contributed by atoms with Crippen molar-refractivity contribution in [3.05, 3.63) is 0 Å². The lowest BCUT2D eigenvalue weighted by atomic mass is 9.89. The van der Waals surface area contributed by atoms with E-state index < -0.39 is 23.1 Å². The second-order valence-electron chi connectivity index (χ2n) is 22.4. The highest BCUT2D eigenvalue weighted by Crippen LogP contribution is 2.29. The Morgan fingerprint density at radius 1 is 0.269 bits per heavy atom. The summed E-state index contributed by atoms with van der Waals surface area (Å²) in [6.07, 6.45) is 1.33. The van der Waals surface area contributed by atoms with E-state index in [0.29, 0.717) is 303 Å². The molecular weight excluding hydrogens is 1380 g/mol. The van der Waals surface area contributed by atoms with Gasteiger partial charge in [-0.3, -0.25) is 39.8 Å². The third kappa shape index (κ3) is 60.1. The average molecular weight is 1510 g/mol. The minimum atomic E-state index is -1.60. The Morgan fingerprint density at radius 3 is 0.587 bits per heavy atom. The van der Waals surface area contributed by atoms with Crippen LogP contribution in [0.15, 0.2) is 9.98 Å². The Bertz CT molecular complexity index is 1890. The van der Waals surface area contributed by atoms with Crippen molar-refractivity contribution < 1.29 is 133 Å². The third-order valence-electron chi connectivity index (χ3n) is 14.1. The predicted octanol–water partition coefficient (Wildman–Crippen LogP) is -1.30. The van der Waals surface area contributed by atoms with Gasteiger partial charge in [0.05, 0.1) is 304 Å². The molecule has 0 bridgehead atoms. The highest BCUT2D eigenvalue weighted by atomic mass is 16.6. The third-order valence-corrected chi connectivity index (χ3v) is 14.1. The summed E-state index contributed by atoms with van der Waals surface area (Å²) in [5.41, 5.74) is 8.50. The van der Waals surface area contributed by atoms with Crippen molar-refractivity contribution in [2.45, 2.75) is 63.7 Å². The van der Waals surface area contributed by atoms with E-state index in [4.69, 9.17) is 135 Å². The molecule has 104 heavy (non-hydrogen) atoms. The summed E-state index contributed by atoms with van der Waals surface area (Å²) in [5.74, 6) is -2.41. The standard InChI is InChI=1S/C68H132N8O28/c1-5-11-73-67(9-13-71-61(77)7-15-83-21-23-87-29-31-91-37-39-95-45-47-99-53-55-103-59-57-101-51-49-97-43-41-93-35-33-89-27-25-85-19-17-81-3)63(65(69)79)76-68(74-12-6-2,64(75-67)66(70)80)10-14-72-62(78)8-16-84-22-24-88-30-32-92-38-40-96-46-48-100-54-56-104-60-58-102-52-50-98-44-42-94-36-34-90-28-26-86-20-18-82-4/h73-74H,5-60H2,1-4H3,(H2,69,79)(H2,70,80)(H,71,77)(H,72,78). The zero-order chi connectivity index (χ0) is 75.3. The van der Waals surface area contributed by atoms with Gasteiger partial charge in [0.2, 0.25) is 11.8 Å². The normalized spacial score (nSPS) is 15.2. The first-order chi connectivity index (χ1) is 51.1. The number of primary amides is 2. The van der Waals surface area contributed by atoms with Gasteiger partial charge in [0.15, 0.2) is 11.3 Å². The summed E-state index contributed by atoms with van der Waals surface area (Å²) in [6, 6.07) is 0. The highest BCUT2D eigenvalue weighted by molar-refractivity contribution is 6.48. The molecule has 2 unspecified atom stereocenters. The fraction of sp³-hybridized carbons (Fsp3) is 0.912. The maximum absolute atomic E-state index is 13.3. The van der Waals surface area contributed by atoms with E-state index in [-0.39, 0.29) is 88.4 Å². The monoisotopic (exact) mass is 1510 g/mol. The first kappa shape index (κ1) is 98.2. The van der Waals surface area contributed by atoms with Gasteiger partial charge in [0, 0.05) is 53.0 Å². The van der Waals surface area contributed by atoms with Crippen molar-refractivity contribution in [2.75, 3.05) is 344 Å². The van der Waals surface area contributed by atoms with E-state index in [1.165, 1.54) is 0 Å². The Hall–Kier alpha value is -3.82. The molecule has 1 aliphatic heterocycles. The maximum Gasteiger partial charge on any atom is 0.266 e. The molecule has 0 saturated carbocycles. The van der Waals surface area contributed by atoms with Gasteiger partial charge >= 0.3 is 0 Å². The lowest BCUT2D eigenvalue weighted by Gasteiger charge is -2.42. The first-order valence-electron chi connectivity index (χ1n) is 36.6. The van der Waals surface area contributed by atoms with Crippen LogP contribution in [-0.2, 0) is 133 Å². The summed E-state index contributed by atoms with van der Waals surface area (Å²) < 4.78 is 131. The van der Waals surface area contributed by atoms with Crippen LogP contribution < -0.4 is 32.7 Å². The number of amides is 4. The molecule has 0 radical (unpaired) electrons. The fourth-order valence-electron chi connectivity index (χ4n) is 8.78. The Labute approximate surface area is 616 Å². The number of nitrogens with two attached hydrogens (primary N) is 2. The van der Waals surface area contributed by atoms with Crippen molar-refractivity contribution in [2.24, 2.45) is 21.5 Å². The first-order valence-corrected chi connectivity index (χ1v) is 36.6. The molecule has 0 aliphatic carbocycles. The molecule has 0 aromatic heterocycles. The second kappa shape index (κ2) is 76.0. The Morgan fingerprint density at radius 2 is 0.433 bits per heavy atom. The predicted molar refractivity (Wildman–Crippen MR) is 382 cm³/mol. The van der Waals surface area contributed by atoms with Crippen LogP contribution >= 0.6 is 0 Å². The van der Waals surface area contributed by atoms with Gasteiger partial charge in [0.25, 0.3) is 11.8 Å². The summed E-state index contributed by atoms with van der Waals surface area (Å²) in [7, 11) is 3.27. The van der Waals surface area contributed by atoms with Crippen molar-refractivity contribution in [1.82, 2.24) is 21.3 Å². The van der Waals surface area contributed by atoms with Crippen molar-refractivity contribution in [1.29, 1.82) is 0 Å². The van der Waals surface area contributed by atoms with Crippen LogP contribution in [0, 0.1) is 0 Å². The SMILES string of the molecule is CCCNC1(CCNC(=O)CCOCCOCCOCCOCCOCCOCCOCCOCCOCCOCCOCCOC)N=C(C(N)=O)C(CCNC(=O)CCOCCOCCOCCOCCOCCOCCOCCOCCOCCOCCOCCOC)(NCCC)N=C1C(N)=O. The molecular formula is C68H132N8O28. The molecule has 4 amide bonds. The number of rotatable bonds is 86. The van der Waals surface area contributed by atoms with Gasteiger partial charge in [-0.1, -0.05) is 13.8 Å². The van der Waals surface area contributed by atoms with Gasteiger partial charge in [-0.15, -0.1) is 0 Å². The molecule has 36 nitrogen and oxygen atoms in total.